The molecule has 0 aliphatic heterocycles. The molecule has 0 aromatic rings. The minimum Gasteiger partial charge on any atom is -0.480 e. The van der Waals surface area contributed by atoms with Gasteiger partial charge in [-0.25, -0.2) is 4.79 Å². The van der Waals surface area contributed by atoms with E-state index in [0.29, 0.717) is 13.0 Å². The molecule has 4 heteroatoms. The van der Waals surface area contributed by atoms with Crippen molar-refractivity contribution < 1.29 is 14.7 Å². The third kappa shape index (κ3) is 3.05. The first-order valence-corrected chi connectivity index (χ1v) is 4.52. The summed E-state index contributed by atoms with van der Waals surface area (Å²) in [6.45, 7) is 5.96. The van der Waals surface area contributed by atoms with Crippen molar-refractivity contribution in [3.05, 3.63) is 0 Å². The van der Waals surface area contributed by atoms with Gasteiger partial charge in [-0.1, -0.05) is 20.3 Å². The number of amides is 1. The maximum Gasteiger partial charge on any atom is 0.326 e. The second kappa shape index (κ2) is 5.56. The van der Waals surface area contributed by atoms with Crippen LogP contribution in [0.2, 0.25) is 0 Å². The zero-order valence-electron chi connectivity index (χ0n) is 8.36. The molecular weight excluding hydrogens is 170 g/mol. The van der Waals surface area contributed by atoms with Gasteiger partial charge in [-0.05, 0) is 12.8 Å². The van der Waals surface area contributed by atoms with Gasteiger partial charge in [0, 0.05) is 6.54 Å². The largest absolute Gasteiger partial charge is 0.480 e. The van der Waals surface area contributed by atoms with Crippen LogP contribution in [-0.4, -0.2) is 35.0 Å². The van der Waals surface area contributed by atoms with E-state index < -0.39 is 12.0 Å². The predicted molar refractivity (Wildman–Crippen MR) is 49.3 cm³/mol. The zero-order chi connectivity index (χ0) is 10.4. The van der Waals surface area contributed by atoms with Crippen LogP contribution in [0.15, 0.2) is 0 Å². The Morgan fingerprint density at radius 1 is 1.54 bits per heavy atom. The lowest BCUT2D eigenvalue weighted by Crippen LogP contribution is -2.44. The maximum absolute atomic E-state index is 10.9. The molecule has 76 valence electrons. The molecular formula is C9H17NO3. The van der Waals surface area contributed by atoms with E-state index in [-0.39, 0.29) is 5.92 Å². The maximum atomic E-state index is 10.9. The van der Waals surface area contributed by atoms with Crippen molar-refractivity contribution in [2.75, 3.05) is 6.54 Å². The van der Waals surface area contributed by atoms with Gasteiger partial charge in [-0.3, -0.25) is 4.79 Å². The van der Waals surface area contributed by atoms with Crippen molar-refractivity contribution in [1.82, 2.24) is 4.90 Å². The van der Waals surface area contributed by atoms with Gasteiger partial charge in [0.05, 0.1) is 0 Å². The van der Waals surface area contributed by atoms with Crippen LogP contribution in [0.5, 0.6) is 0 Å². The van der Waals surface area contributed by atoms with E-state index >= 15 is 0 Å². The van der Waals surface area contributed by atoms with Crippen molar-refractivity contribution in [3.63, 3.8) is 0 Å². The molecule has 0 radical (unpaired) electrons. The average Bonchev–Trinajstić information content (AvgIpc) is 2.12. The normalized spacial score (nSPS) is 14.7. The summed E-state index contributed by atoms with van der Waals surface area (Å²) in [7, 11) is 0. The minimum absolute atomic E-state index is 0.0114. The smallest absolute Gasteiger partial charge is 0.326 e. The molecule has 2 unspecified atom stereocenters. The van der Waals surface area contributed by atoms with Gasteiger partial charge in [0.15, 0.2) is 0 Å². The average molecular weight is 187 g/mol. The third-order valence-electron chi connectivity index (χ3n) is 2.29. The lowest BCUT2D eigenvalue weighted by atomic mass is 9.98. The Labute approximate surface area is 78.5 Å². The van der Waals surface area contributed by atoms with Crippen molar-refractivity contribution >= 4 is 12.4 Å². The van der Waals surface area contributed by atoms with E-state index in [9.17, 15) is 9.59 Å². The van der Waals surface area contributed by atoms with Crippen molar-refractivity contribution in [2.45, 2.75) is 33.2 Å². The van der Waals surface area contributed by atoms with Gasteiger partial charge in [0.1, 0.15) is 6.04 Å². The van der Waals surface area contributed by atoms with Gasteiger partial charge in [0.2, 0.25) is 6.41 Å². The number of carbonyl (C=O) groups is 2. The number of likely N-dealkylation sites (N-methyl/N-ethyl adjacent to an activating group) is 1. The number of nitrogens with zero attached hydrogens (tertiary/aromatic N) is 1. The molecule has 13 heavy (non-hydrogen) atoms. The Morgan fingerprint density at radius 2 is 2.08 bits per heavy atom. The molecule has 0 bridgehead atoms. The predicted octanol–water partition coefficient (Wildman–Crippen LogP) is 0.964. The SMILES string of the molecule is CCC(C)C(C(=O)O)N(C=O)CC. The number of aliphatic carboxylic acids is 1. The highest BCUT2D eigenvalue weighted by Gasteiger charge is 2.28. The molecule has 0 spiro atoms. The summed E-state index contributed by atoms with van der Waals surface area (Å²) in [5.41, 5.74) is 0. The molecule has 1 amide bonds. The van der Waals surface area contributed by atoms with Crippen LogP contribution in [0.3, 0.4) is 0 Å². The standard InChI is InChI=1S/C9H17NO3/c1-4-7(3)8(9(12)13)10(5-2)6-11/h6-8H,4-5H2,1-3H3,(H,12,13). The molecule has 0 aliphatic carbocycles. The fourth-order valence-electron chi connectivity index (χ4n) is 1.27. The zero-order valence-corrected chi connectivity index (χ0v) is 8.36. The molecule has 0 heterocycles. The van der Waals surface area contributed by atoms with E-state index in [2.05, 4.69) is 0 Å². The number of hydrogen-bond acceptors (Lipinski definition) is 2. The summed E-state index contributed by atoms with van der Waals surface area (Å²) in [4.78, 5) is 22.7. The van der Waals surface area contributed by atoms with E-state index in [4.69, 9.17) is 5.11 Å². The van der Waals surface area contributed by atoms with E-state index in [0.717, 1.165) is 6.42 Å². The fourth-order valence-corrected chi connectivity index (χ4v) is 1.27. The number of carbonyl (C=O) groups excluding carboxylic acids is 1. The Kier molecular flexibility index (Phi) is 5.11. The first-order chi connectivity index (χ1) is 6.08. The molecule has 4 nitrogen and oxygen atoms in total. The molecule has 2 atom stereocenters. The molecule has 1 N–H and O–H groups in total. The van der Waals surface area contributed by atoms with Crippen LogP contribution in [0, 0.1) is 5.92 Å². The Hall–Kier alpha value is -1.06. The van der Waals surface area contributed by atoms with Crippen LogP contribution in [0.25, 0.3) is 0 Å². The van der Waals surface area contributed by atoms with Crippen LogP contribution < -0.4 is 0 Å². The second-order valence-electron chi connectivity index (χ2n) is 3.10. The summed E-state index contributed by atoms with van der Waals surface area (Å²) < 4.78 is 0. The third-order valence-corrected chi connectivity index (χ3v) is 2.29. The van der Waals surface area contributed by atoms with Crippen LogP contribution in [0.4, 0.5) is 0 Å². The molecule has 0 aromatic heterocycles. The summed E-state index contributed by atoms with van der Waals surface area (Å²) in [6.07, 6.45) is 1.35. The van der Waals surface area contributed by atoms with Crippen LogP contribution in [-0.2, 0) is 9.59 Å². The number of carboxylic acids is 1. The first kappa shape index (κ1) is 11.9. The molecule has 0 aliphatic rings. The Morgan fingerprint density at radius 3 is 2.31 bits per heavy atom. The van der Waals surface area contributed by atoms with Gasteiger partial charge >= 0.3 is 5.97 Å². The monoisotopic (exact) mass is 187 g/mol. The highest BCUT2D eigenvalue weighted by Crippen LogP contribution is 2.13. The van der Waals surface area contributed by atoms with E-state index in [1.807, 2.05) is 13.8 Å². The van der Waals surface area contributed by atoms with Crippen molar-refractivity contribution in [1.29, 1.82) is 0 Å². The second-order valence-corrected chi connectivity index (χ2v) is 3.10. The lowest BCUT2D eigenvalue weighted by Gasteiger charge is -2.27. The van der Waals surface area contributed by atoms with Gasteiger partial charge in [0.25, 0.3) is 0 Å². The molecule has 0 rings (SSSR count). The van der Waals surface area contributed by atoms with Crippen LogP contribution in [0.1, 0.15) is 27.2 Å². The fraction of sp³-hybridized carbons (Fsp3) is 0.778. The first-order valence-electron chi connectivity index (χ1n) is 4.52. The number of carboxylic acid groups (broad SMARTS) is 1. The van der Waals surface area contributed by atoms with Crippen molar-refractivity contribution in [3.8, 4) is 0 Å². The topological polar surface area (TPSA) is 57.6 Å². The Balaban J connectivity index is 4.56. The minimum atomic E-state index is -0.928. The van der Waals surface area contributed by atoms with Gasteiger partial charge in [-0.2, -0.15) is 0 Å². The summed E-state index contributed by atoms with van der Waals surface area (Å²) in [5, 5.41) is 8.91. The highest BCUT2D eigenvalue weighted by molar-refractivity contribution is 5.76. The number of hydrogen-bond donors (Lipinski definition) is 1. The van der Waals surface area contributed by atoms with E-state index in [1.54, 1.807) is 6.92 Å². The molecule has 0 saturated carbocycles. The molecule has 0 aromatic carbocycles. The summed E-state index contributed by atoms with van der Waals surface area (Å²) in [6, 6.07) is -0.688. The van der Waals surface area contributed by atoms with Gasteiger partial charge < -0.3 is 10.0 Å². The van der Waals surface area contributed by atoms with Crippen LogP contribution >= 0.6 is 0 Å². The summed E-state index contributed by atoms with van der Waals surface area (Å²) in [5.74, 6) is -0.939. The quantitative estimate of drug-likeness (QED) is 0.630. The van der Waals surface area contributed by atoms with Gasteiger partial charge in [-0.15, -0.1) is 0 Å². The number of rotatable bonds is 6. The van der Waals surface area contributed by atoms with E-state index in [1.165, 1.54) is 4.90 Å². The highest BCUT2D eigenvalue weighted by atomic mass is 16.4. The Bertz CT molecular complexity index is 182. The molecule has 0 fully saturated rings. The lowest BCUT2D eigenvalue weighted by molar-refractivity contribution is -0.148. The molecule has 0 saturated heterocycles. The van der Waals surface area contributed by atoms with Crippen molar-refractivity contribution in [2.24, 2.45) is 5.92 Å². The summed E-state index contributed by atoms with van der Waals surface area (Å²) >= 11 is 0.